The van der Waals surface area contributed by atoms with Gasteiger partial charge in [0, 0.05) is 18.1 Å². The van der Waals surface area contributed by atoms with Gasteiger partial charge in [0.15, 0.2) is 5.13 Å². The SMILES string of the molecule is NC(=O)c1cc(C(F)(F)F)cc(C2CCC(CNc3nccs3)CC2)c1Cl. The van der Waals surface area contributed by atoms with Gasteiger partial charge in [0.1, 0.15) is 0 Å². The number of nitrogens with one attached hydrogen (secondary N) is 1. The van der Waals surface area contributed by atoms with Crippen molar-refractivity contribution in [1.29, 1.82) is 0 Å². The molecule has 1 aromatic carbocycles. The minimum absolute atomic E-state index is 0.0415. The molecule has 0 atom stereocenters. The Morgan fingerprint density at radius 2 is 2.00 bits per heavy atom. The van der Waals surface area contributed by atoms with Crippen LogP contribution in [0.1, 0.15) is 53.1 Å². The van der Waals surface area contributed by atoms with Crippen LogP contribution in [-0.2, 0) is 6.18 Å². The number of rotatable bonds is 5. The molecule has 146 valence electrons. The summed E-state index contributed by atoms with van der Waals surface area (Å²) < 4.78 is 39.6. The summed E-state index contributed by atoms with van der Waals surface area (Å²) in [7, 11) is 0. The summed E-state index contributed by atoms with van der Waals surface area (Å²) in [5.41, 5.74) is 4.44. The van der Waals surface area contributed by atoms with E-state index in [4.69, 9.17) is 17.3 Å². The first-order valence-electron chi connectivity index (χ1n) is 8.59. The van der Waals surface area contributed by atoms with Crippen molar-refractivity contribution in [3.63, 3.8) is 0 Å². The standard InChI is InChI=1S/C18H19ClF3N3OS/c19-15-13(7-12(18(20,21)22)8-14(15)16(23)26)11-3-1-10(2-4-11)9-25-17-24-5-6-27-17/h5-8,10-11H,1-4,9H2,(H2,23,26)(H,24,25). The van der Waals surface area contributed by atoms with E-state index in [1.54, 1.807) is 6.20 Å². The van der Waals surface area contributed by atoms with Gasteiger partial charge in [0.05, 0.1) is 16.1 Å². The zero-order chi connectivity index (χ0) is 19.6. The molecule has 27 heavy (non-hydrogen) atoms. The molecule has 1 aliphatic rings. The molecule has 1 saturated carbocycles. The molecule has 0 aliphatic heterocycles. The second-order valence-electron chi connectivity index (χ2n) is 6.72. The summed E-state index contributed by atoms with van der Waals surface area (Å²) in [6.45, 7) is 0.781. The third-order valence-electron chi connectivity index (χ3n) is 4.95. The van der Waals surface area contributed by atoms with Gasteiger partial charge in [0.25, 0.3) is 0 Å². The van der Waals surface area contributed by atoms with Gasteiger partial charge in [-0.3, -0.25) is 4.79 Å². The lowest BCUT2D eigenvalue weighted by molar-refractivity contribution is -0.137. The van der Waals surface area contributed by atoms with Crippen molar-refractivity contribution < 1.29 is 18.0 Å². The molecule has 1 amide bonds. The number of carbonyl (C=O) groups is 1. The zero-order valence-corrected chi connectivity index (χ0v) is 15.9. The van der Waals surface area contributed by atoms with Crippen LogP contribution in [0.15, 0.2) is 23.7 Å². The van der Waals surface area contributed by atoms with Crippen molar-refractivity contribution in [2.45, 2.75) is 37.8 Å². The molecule has 9 heteroatoms. The van der Waals surface area contributed by atoms with E-state index in [1.807, 2.05) is 5.38 Å². The summed E-state index contributed by atoms with van der Waals surface area (Å²) in [6, 6.07) is 1.80. The largest absolute Gasteiger partial charge is 0.416 e. The molecular formula is C18H19ClF3N3OS. The Hall–Kier alpha value is -1.80. The second-order valence-corrected chi connectivity index (χ2v) is 8.00. The monoisotopic (exact) mass is 417 g/mol. The summed E-state index contributed by atoms with van der Waals surface area (Å²) >= 11 is 7.77. The fourth-order valence-corrected chi connectivity index (χ4v) is 4.40. The molecule has 2 aromatic rings. The maximum Gasteiger partial charge on any atom is 0.416 e. The van der Waals surface area contributed by atoms with Crippen LogP contribution in [0.3, 0.4) is 0 Å². The number of nitrogens with two attached hydrogens (primary N) is 1. The molecule has 3 N–H and O–H groups in total. The molecule has 1 aromatic heterocycles. The minimum Gasteiger partial charge on any atom is -0.366 e. The van der Waals surface area contributed by atoms with E-state index in [1.165, 1.54) is 11.3 Å². The summed E-state index contributed by atoms with van der Waals surface area (Å²) in [6.07, 6.45) is 0.324. The van der Waals surface area contributed by atoms with Crippen LogP contribution in [-0.4, -0.2) is 17.4 Å². The zero-order valence-electron chi connectivity index (χ0n) is 14.4. The van der Waals surface area contributed by atoms with Crippen LogP contribution >= 0.6 is 22.9 Å². The van der Waals surface area contributed by atoms with Crippen molar-refractivity contribution in [1.82, 2.24) is 4.98 Å². The first-order valence-corrected chi connectivity index (χ1v) is 9.85. The molecule has 1 fully saturated rings. The Labute approximate surface area is 163 Å². The first-order chi connectivity index (χ1) is 12.8. The second kappa shape index (κ2) is 8.06. The highest BCUT2D eigenvalue weighted by atomic mass is 35.5. The number of benzene rings is 1. The molecular weight excluding hydrogens is 399 g/mol. The third-order valence-corrected chi connectivity index (χ3v) is 6.11. The number of carbonyl (C=O) groups excluding carboxylic acids is 1. The smallest absolute Gasteiger partial charge is 0.366 e. The third kappa shape index (κ3) is 4.73. The van der Waals surface area contributed by atoms with E-state index in [9.17, 15) is 18.0 Å². The molecule has 0 unspecified atom stereocenters. The van der Waals surface area contributed by atoms with E-state index in [0.717, 1.165) is 36.7 Å². The Morgan fingerprint density at radius 3 is 2.56 bits per heavy atom. The summed E-state index contributed by atoms with van der Waals surface area (Å²) in [5, 5.41) is 6.09. The van der Waals surface area contributed by atoms with Crippen LogP contribution in [0.2, 0.25) is 5.02 Å². The number of primary amides is 1. The van der Waals surface area contributed by atoms with E-state index in [-0.39, 0.29) is 16.5 Å². The minimum atomic E-state index is -4.56. The number of aromatic nitrogens is 1. The maximum atomic E-state index is 13.2. The molecule has 4 nitrogen and oxygen atoms in total. The molecule has 1 aliphatic carbocycles. The lowest BCUT2D eigenvalue weighted by Crippen LogP contribution is -2.22. The fraction of sp³-hybridized carbons (Fsp3) is 0.444. The van der Waals surface area contributed by atoms with Crippen molar-refractivity contribution >= 4 is 34.0 Å². The van der Waals surface area contributed by atoms with Crippen LogP contribution in [0.5, 0.6) is 0 Å². The van der Waals surface area contributed by atoms with Gasteiger partial charge in [-0.25, -0.2) is 4.98 Å². The fourth-order valence-electron chi connectivity index (χ4n) is 3.51. The number of thiazole rings is 1. The highest BCUT2D eigenvalue weighted by molar-refractivity contribution is 7.13. The van der Waals surface area contributed by atoms with Crippen LogP contribution in [0, 0.1) is 5.92 Å². The lowest BCUT2D eigenvalue weighted by atomic mass is 9.78. The topological polar surface area (TPSA) is 68.0 Å². The van der Waals surface area contributed by atoms with E-state index in [2.05, 4.69) is 10.3 Å². The van der Waals surface area contributed by atoms with Gasteiger partial charge in [-0.1, -0.05) is 11.6 Å². The number of nitrogens with zero attached hydrogens (tertiary/aromatic N) is 1. The molecule has 0 bridgehead atoms. The predicted molar refractivity (Wildman–Crippen MR) is 100 cm³/mol. The molecule has 0 saturated heterocycles. The molecule has 0 radical (unpaired) electrons. The number of anilines is 1. The van der Waals surface area contributed by atoms with Gasteiger partial charge in [-0.15, -0.1) is 11.3 Å². The van der Waals surface area contributed by atoms with Gasteiger partial charge < -0.3 is 11.1 Å². The van der Waals surface area contributed by atoms with Crippen LogP contribution < -0.4 is 11.1 Å². The highest BCUT2D eigenvalue weighted by Crippen LogP contribution is 2.42. The van der Waals surface area contributed by atoms with E-state index < -0.39 is 17.6 Å². The van der Waals surface area contributed by atoms with Crippen molar-refractivity contribution in [3.8, 4) is 0 Å². The van der Waals surface area contributed by atoms with Crippen molar-refractivity contribution in [2.24, 2.45) is 11.7 Å². The highest BCUT2D eigenvalue weighted by Gasteiger charge is 2.34. The van der Waals surface area contributed by atoms with E-state index >= 15 is 0 Å². The van der Waals surface area contributed by atoms with Gasteiger partial charge in [-0.2, -0.15) is 13.2 Å². The van der Waals surface area contributed by atoms with E-state index in [0.29, 0.717) is 24.3 Å². The number of amides is 1. The molecule has 0 spiro atoms. The average Bonchev–Trinajstić information content (AvgIpc) is 3.13. The summed E-state index contributed by atoms with van der Waals surface area (Å²) in [4.78, 5) is 15.7. The molecule has 1 heterocycles. The van der Waals surface area contributed by atoms with Crippen LogP contribution in [0.25, 0.3) is 0 Å². The van der Waals surface area contributed by atoms with Gasteiger partial charge in [-0.05, 0) is 55.2 Å². The van der Waals surface area contributed by atoms with Crippen LogP contribution in [0.4, 0.5) is 18.3 Å². The Morgan fingerprint density at radius 1 is 1.30 bits per heavy atom. The maximum absolute atomic E-state index is 13.2. The molecule has 3 rings (SSSR count). The number of hydrogen-bond acceptors (Lipinski definition) is 4. The first kappa shape index (κ1) is 19.9. The van der Waals surface area contributed by atoms with Crippen molar-refractivity contribution in [3.05, 3.63) is 45.4 Å². The van der Waals surface area contributed by atoms with Gasteiger partial charge in [0.2, 0.25) is 5.91 Å². The Balaban J connectivity index is 1.73. The van der Waals surface area contributed by atoms with Crippen molar-refractivity contribution in [2.75, 3.05) is 11.9 Å². The number of alkyl halides is 3. The lowest BCUT2D eigenvalue weighted by Gasteiger charge is -2.30. The summed E-state index contributed by atoms with van der Waals surface area (Å²) in [5.74, 6) is -0.645. The van der Waals surface area contributed by atoms with Gasteiger partial charge >= 0.3 is 6.18 Å². The number of hydrogen-bond donors (Lipinski definition) is 2. The Kier molecular flexibility index (Phi) is 5.95. The number of halogens is 4. The Bertz CT molecular complexity index is 803. The quantitative estimate of drug-likeness (QED) is 0.693. The average molecular weight is 418 g/mol. The normalized spacial score (nSPS) is 20.4. The predicted octanol–water partition coefficient (Wildman–Crippen LogP) is 5.30.